The van der Waals surface area contributed by atoms with E-state index >= 15 is 0 Å². The molecule has 0 saturated heterocycles. The molecule has 4 aromatic carbocycles. The van der Waals surface area contributed by atoms with E-state index in [0.29, 0.717) is 17.9 Å². The molecule has 8 nitrogen and oxygen atoms in total. The predicted octanol–water partition coefficient (Wildman–Crippen LogP) is 6.24. The number of carbonyl (C=O) groups excluding carboxylic acids is 2. The van der Waals surface area contributed by atoms with Crippen LogP contribution >= 0.6 is 11.6 Å². The molecule has 1 atom stereocenters. The van der Waals surface area contributed by atoms with Gasteiger partial charge >= 0.3 is 0 Å². The summed E-state index contributed by atoms with van der Waals surface area (Å²) < 4.78 is 48.5. The summed E-state index contributed by atoms with van der Waals surface area (Å²) in [5.74, 6) is -1.18. The van der Waals surface area contributed by atoms with Crippen LogP contribution in [0.15, 0.2) is 108 Å². The maximum Gasteiger partial charge on any atom is 0.264 e. The van der Waals surface area contributed by atoms with Gasteiger partial charge in [0.25, 0.3) is 10.0 Å². The number of ether oxygens (including phenoxy) is 1. The van der Waals surface area contributed by atoms with Gasteiger partial charge in [-0.2, -0.15) is 0 Å². The number of unbranched alkanes of at least 4 members (excludes halogenated alkanes) is 1. The lowest BCUT2D eigenvalue weighted by atomic mass is 10.0. The molecule has 0 aliphatic rings. The van der Waals surface area contributed by atoms with E-state index in [1.165, 1.54) is 30.2 Å². The van der Waals surface area contributed by atoms with Crippen LogP contribution in [0.5, 0.6) is 5.75 Å². The van der Waals surface area contributed by atoms with Crippen molar-refractivity contribution in [2.24, 2.45) is 0 Å². The largest absolute Gasteiger partial charge is 0.497 e. The average Bonchev–Trinajstić information content (AvgIpc) is 3.07. The van der Waals surface area contributed by atoms with Crippen LogP contribution in [0, 0.1) is 5.82 Å². The van der Waals surface area contributed by atoms with Gasteiger partial charge in [-0.15, -0.1) is 0 Å². The Morgan fingerprint density at radius 1 is 0.913 bits per heavy atom. The molecule has 0 saturated carbocycles. The van der Waals surface area contributed by atoms with Crippen molar-refractivity contribution in [3.63, 3.8) is 0 Å². The second-order valence-electron chi connectivity index (χ2n) is 10.6. The molecule has 242 valence electrons. The van der Waals surface area contributed by atoms with E-state index in [0.717, 1.165) is 34.8 Å². The lowest BCUT2D eigenvalue weighted by Gasteiger charge is -2.34. The third-order valence-corrected chi connectivity index (χ3v) is 9.47. The van der Waals surface area contributed by atoms with Gasteiger partial charge in [0.1, 0.15) is 24.2 Å². The van der Waals surface area contributed by atoms with Gasteiger partial charge < -0.3 is 15.0 Å². The van der Waals surface area contributed by atoms with E-state index in [1.54, 1.807) is 42.5 Å². The van der Waals surface area contributed by atoms with Crippen molar-refractivity contribution >= 4 is 39.1 Å². The molecule has 0 fully saturated rings. The summed E-state index contributed by atoms with van der Waals surface area (Å²) in [5.41, 5.74) is 1.49. The van der Waals surface area contributed by atoms with Gasteiger partial charge in [0.15, 0.2) is 0 Å². The van der Waals surface area contributed by atoms with Crippen LogP contribution in [-0.2, 0) is 32.6 Å². The summed E-state index contributed by atoms with van der Waals surface area (Å²) in [7, 11) is -2.80. The number of hydrogen-bond acceptors (Lipinski definition) is 5. The Bertz CT molecular complexity index is 1720. The Morgan fingerprint density at radius 3 is 2.24 bits per heavy atom. The minimum absolute atomic E-state index is 0.00283. The SMILES string of the molecule is CCCCNC(=O)C(Cc1ccccc1)N(Cc1cccc(OC)c1)C(=O)CN(c1ccc(F)c(Cl)c1)S(=O)(=O)c1ccccc1. The Labute approximate surface area is 274 Å². The van der Waals surface area contributed by atoms with Crippen LogP contribution in [0.2, 0.25) is 5.02 Å². The predicted molar refractivity (Wildman–Crippen MR) is 178 cm³/mol. The number of sulfonamides is 1. The van der Waals surface area contributed by atoms with Crippen LogP contribution in [0.25, 0.3) is 0 Å². The first-order chi connectivity index (χ1) is 22.1. The molecule has 1 N–H and O–H groups in total. The van der Waals surface area contributed by atoms with E-state index in [2.05, 4.69) is 5.32 Å². The highest BCUT2D eigenvalue weighted by atomic mass is 35.5. The van der Waals surface area contributed by atoms with Gasteiger partial charge in [-0.1, -0.05) is 85.6 Å². The van der Waals surface area contributed by atoms with E-state index in [-0.39, 0.29) is 34.5 Å². The molecular formula is C35H37ClFN3O5S. The van der Waals surface area contributed by atoms with Crippen molar-refractivity contribution in [3.05, 3.63) is 125 Å². The molecule has 0 spiro atoms. The number of methoxy groups -OCH3 is 1. The molecule has 4 rings (SSSR count). The van der Waals surface area contributed by atoms with Crippen LogP contribution < -0.4 is 14.4 Å². The molecule has 0 heterocycles. The minimum atomic E-state index is -4.33. The lowest BCUT2D eigenvalue weighted by molar-refractivity contribution is -0.140. The fourth-order valence-electron chi connectivity index (χ4n) is 4.92. The van der Waals surface area contributed by atoms with Crippen molar-refractivity contribution in [3.8, 4) is 5.75 Å². The van der Waals surface area contributed by atoms with Crippen molar-refractivity contribution in [1.82, 2.24) is 10.2 Å². The minimum Gasteiger partial charge on any atom is -0.497 e. The van der Waals surface area contributed by atoms with Gasteiger partial charge in [-0.25, -0.2) is 12.8 Å². The Kier molecular flexibility index (Phi) is 12.2. The van der Waals surface area contributed by atoms with E-state index in [9.17, 15) is 22.4 Å². The summed E-state index contributed by atoms with van der Waals surface area (Å²) >= 11 is 6.08. The normalized spacial score (nSPS) is 11.8. The second kappa shape index (κ2) is 16.2. The molecule has 46 heavy (non-hydrogen) atoms. The van der Waals surface area contributed by atoms with Gasteiger partial charge in [0.2, 0.25) is 11.8 Å². The molecule has 0 bridgehead atoms. The third kappa shape index (κ3) is 8.86. The molecule has 11 heteroatoms. The maximum atomic E-state index is 14.5. The molecule has 2 amide bonds. The first kappa shape index (κ1) is 34.5. The quantitative estimate of drug-likeness (QED) is 0.152. The summed E-state index contributed by atoms with van der Waals surface area (Å²) in [4.78, 5) is 29.6. The molecular weight excluding hydrogens is 629 g/mol. The highest BCUT2D eigenvalue weighted by Crippen LogP contribution is 2.29. The molecule has 0 aliphatic carbocycles. The molecule has 0 aromatic heterocycles. The highest BCUT2D eigenvalue weighted by molar-refractivity contribution is 7.92. The van der Waals surface area contributed by atoms with E-state index < -0.39 is 34.3 Å². The lowest BCUT2D eigenvalue weighted by Crippen LogP contribution is -2.53. The number of halogens is 2. The zero-order chi connectivity index (χ0) is 33.1. The Morgan fingerprint density at radius 2 is 1.59 bits per heavy atom. The van der Waals surface area contributed by atoms with Gasteiger partial charge in [0.05, 0.1) is 22.7 Å². The van der Waals surface area contributed by atoms with E-state index in [1.807, 2.05) is 37.3 Å². The summed E-state index contributed by atoms with van der Waals surface area (Å²) in [6.07, 6.45) is 1.80. The van der Waals surface area contributed by atoms with Crippen molar-refractivity contribution < 1.29 is 27.1 Å². The first-order valence-electron chi connectivity index (χ1n) is 14.9. The maximum absolute atomic E-state index is 14.5. The first-order valence-corrected chi connectivity index (χ1v) is 16.7. The van der Waals surface area contributed by atoms with Crippen LogP contribution in [0.4, 0.5) is 10.1 Å². The van der Waals surface area contributed by atoms with Crippen LogP contribution in [0.3, 0.4) is 0 Å². The van der Waals surface area contributed by atoms with Crippen LogP contribution in [0.1, 0.15) is 30.9 Å². The fourth-order valence-corrected chi connectivity index (χ4v) is 6.52. The zero-order valence-corrected chi connectivity index (χ0v) is 27.3. The second-order valence-corrected chi connectivity index (χ2v) is 12.9. The monoisotopic (exact) mass is 665 g/mol. The average molecular weight is 666 g/mol. The van der Waals surface area contributed by atoms with E-state index in [4.69, 9.17) is 16.3 Å². The highest BCUT2D eigenvalue weighted by Gasteiger charge is 2.34. The third-order valence-electron chi connectivity index (χ3n) is 7.39. The number of benzene rings is 4. The number of nitrogens with one attached hydrogen (secondary N) is 1. The standard InChI is InChI=1S/C35H37ClFN3O5S/c1-3-4-20-38-35(42)33(22-26-12-7-5-8-13-26)39(24-27-14-11-15-29(21-27)45-2)34(41)25-40(28-18-19-32(37)31(36)23-28)46(43,44)30-16-9-6-10-17-30/h5-19,21,23,33H,3-4,20,22,24-25H2,1-2H3,(H,38,42). The van der Waals surface area contributed by atoms with Crippen LogP contribution in [-0.4, -0.2) is 51.4 Å². The number of carbonyl (C=O) groups is 2. The van der Waals surface area contributed by atoms with Gasteiger partial charge in [-0.05, 0) is 60.0 Å². The summed E-state index contributed by atoms with van der Waals surface area (Å²) in [5, 5.41) is 2.65. The fraction of sp³-hybridized carbons (Fsp3) is 0.257. The topological polar surface area (TPSA) is 96.0 Å². The molecule has 0 radical (unpaired) electrons. The van der Waals surface area contributed by atoms with Gasteiger partial charge in [-0.3, -0.25) is 13.9 Å². The van der Waals surface area contributed by atoms with Crippen molar-refractivity contribution in [1.29, 1.82) is 0 Å². The zero-order valence-electron chi connectivity index (χ0n) is 25.7. The van der Waals surface area contributed by atoms with Crippen molar-refractivity contribution in [2.45, 2.75) is 43.7 Å². The summed E-state index contributed by atoms with van der Waals surface area (Å²) in [6.45, 7) is 1.73. The van der Waals surface area contributed by atoms with Gasteiger partial charge in [0, 0.05) is 19.5 Å². The van der Waals surface area contributed by atoms with Crippen molar-refractivity contribution in [2.75, 3.05) is 24.5 Å². The molecule has 1 unspecified atom stereocenters. The molecule has 4 aromatic rings. The number of hydrogen-bond donors (Lipinski definition) is 1. The Hall–Kier alpha value is -4.41. The summed E-state index contributed by atoms with van der Waals surface area (Å²) in [6, 6.07) is 26.5. The number of anilines is 1. The smallest absolute Gasteiger partial charge is 0.264 e. The number of nitrogens with zero attached hydrogens (tertiary/aromatic N) is 2. The number of amides is 2. The molecule has 0 aliphatic heterocycles. The number of rotatable bonds is 15. The Balaban J connectivity index is 1.81.